The number of carbonyl (C=O) groups is 1. The van der Waals surface area contributed by atoms with Crippen LogP contribution >= 0.6 is 0 Å². The largest absolute Gasteiger partial charge is 0.493 e. The second kappa shape index (κ2) is 5.02. The number of hydrogen-bond donors (Lipinski definition) is 1. The molecule has 3 atom stereocenters. The lowest BCUT2D eigenvalue weighted by Gasteiger charge is -2.24. The summed E-state index contributed by atoms with van der Waals surface area (Å²) in [5, 5.41) is 9.60. The molecule has 4 nitrogen and oxygen atoms in total. The predicted octanol–water partition coefficient (Wildman–Crippen LogP) is 2.31. The molecule has 0 bridgehead atoms. The van der Waals surface area contributed by atoms with Crippen LogP contribution in [0.15, 0.2) is 18.2 Å². The summed E-state index contributed by atoms with van der Waals surface area (Å²) in [5.41, 5.74) is 2.48. The quantitative estimate of drug-likeness (QED) is 0.927. The van der Waals surface area contributed by atoms with Crippen LogP contribution in [0.5, 0.6) is 5.75 Å². The van der Waals surface area contributed by atoms with Gasteiger partial charge in [0.1, 0.15) is 11.8 Å². The van der Waals surface area contributed by atoms with E-state index in [4.69, 9.17) is 4.74 Å². The van der Waals surface area contributed by atoms with Gasteiger partial charge in [0, 0.05) is 19.5 Å². The lowest BCUT2D eigenvalue weighted by Crippen LogP contribution is -2.39. The highest BCUT2D eigenvalue weighted by molar-refractivity contribution is 5.74. The van der Waals surface area contributed by atoms with Gasteiger partial charge in [0.15, 0.2) is 0 Å². The number of fused-ring (bicyclic) bond motifs is 2. The number of rotatable bonds is 3. The molecule has 1 aliphatic carbocycles. The average molecular weight is 287 g/mol. The summed E-state index contributed by atoms with van der Waals surface area (Å²) in [6.45, 7) is 2.46. The number of nitrogens with zero attached hydrogens (tertiary/aromatic N) is 1. The minimum Gasteiger partial charge on any atom is -0.493 e. The van der Waals surface area contributed by atoms with Crippen molar-refractivity contribution in [2.45, 2.75) is 38.3 Å². The number of carboxylic acids is 1. The van der Waals surface area contributed by atoms with Crippen LogP contribution in [0, 0.1) is 11.8 Å². The molecule has 1 aromatic rings. The number of ether oxygens (including phenoxy) is 1. The van der Waals surface area contributed by atoms with Crippen molar-refractivity contribution in [3.63, 3.8) is 0 Å². The van der Waals surface area contributed by atoms with E-state index >= 15 is 0 Å². The molecule has 2 aliphatic heterocycles. The predicted molar refractivity (Wildman–Crippen MR) is 78.3 cm³/mol. The highest BCUT2D eigenvalue weighted by atomic mass is 16.5. The fourth-order valence-corrected chi connectivity index (χ4v) is 4.47. The van der Waals surface area contributed by atoms with Gasteiger partial charge in [-0.25, -0.2) is 0 Å². The van der Waals surface area contributed by atoms with Gasteiger partial charge in [-0.05, 0) is 41.9 Å². The molecule has 1 saturated carbocycles. The molecule has 4 heteroatoms. The summed E-state index contributed by atoms with van der Waals surface area (Å²) in [4.78, 5) is 13.8. The lowest BCUT2D eigenvalue weighted by molar-refractivity contribution is -0.143. The zero-order valence-corrected chi connectivity index (χ0v) is 12.1. The molecule has 1 aromatic carbocycles. The van der Waals surface area contributed by atoms with Crippen molar-refractivity contribution in [3.8, 4) is 5.75 Å². The molecule has 0 aromatic heterocycles. The molecule has 2 heterocycles. The van der Waals surface area contributed by atoms with Crippen molar-refractivity contribution in [3.05, 3.63) is 29.3 Å². The van der Waals surface area contributed by atoms with Crippen molar-refractivity contribution in [2.75, 3.05) is 13.2 Å². The molecule has 21 heavy (non-hydrogen) atoms. The summed E-state index contributed by atoms with van der Waals surface area (Å²) >= 11 is 0. The van der Waals surface area contributed by atoms with Crippen molar-refractivity contribution < 1.29 is 14.6 Å². The van der Waals surface area contributed by atoms with Gasteiger partial charge in [0.2, 0.25) is 0 Å². The first-order valence-corrected chi connectivity index (χ1v) is 7.94. The Kier molecular flexibility index (Phi) is 3.14. The fourth-order valence-electron chi connectivity index (χ4n) is 4.47. The Hall–Kier alpha value is -1.55. The van der Waals surface area contributed by atoms with Gasteiger partial charge >= 0.3 is 5.97 Å². The zero-order chi connectivity index (χ0) is 14.4. The van der Waals surface area contributed by atoms with E-state index in [1.54, 1.807) is 0 Å². The molecule has 0 amide bonds. The molecule has 2 fully saturated rings. The van der Waals surface area contributed by atoms with E-state index in [0.717, 1.165) is 38.3 Å². The summed E-state index contributed by atoms with van der Waals surface area (Å²) in [6.07, 6.45) is 4.44. The van der Waals surface area contributed by atoms with E-state index in [0.29, 0.717) is 11.8 Å². The van der Waals surface area contributed by atoms with Crippen LogP contribution in [0.25, 0.3) is 0 Å². The number of hydrogen-bond acceptors (Lipinski definition) is 3. The van der Waals surface area contributed by atoms with Gasteiger partial charge < -0.3 is 9.84 Å². The molecular formula is C17H21NO3. The Morgan fingerprint density at radius 2 is 2.29 bits per heavy atom. The maximum absolute atomic E-state index is 11.7. The number of likely N-dealkylation sites (tertiary alicyclic amines) is 1. The average Bonchev–Trinajstić information content (AvgIpc) is 3.11. The van der Waals surface area contributed by atoms with Crippen LogP contribution in [0.1, 0.15) is 30.4 Å². The van der Waals surface area contributed by atoms with Gasteiger partial charge in [-0.2, -0.15) is 0 Å². The van der Waals surface area contributed by atoms with Crippen molar-refractivity contribution in [2.24, 2.45) is 11.8 Å². The van der Waals surface area contributed by atoms with Crippen LogP contribution in [0.3, 0.4) is 0 Å². The first-order valence-electron chi connectivity index (χ1n) is 7.94. The molecule has 4 rings (SSSR count). The Labute approximate surface area is 124 Å². The van der Waals surface area contributed by atoms with E-state index in [2.05, 4.69) is 17.0 Å². The van der Waals surface area contributed by atoms with Crippen LogP contribution in [-0.4, -0.2) is 35.2 Å². The standard InChI is InChI=1S/C17H21NO3/c19-17(20)16-14-3-1-2-13(14)10-18(16)9-11-4-5-15-12(8-11)6-7-21-15/h4-5,8,13-14,16H,1-3,6-7,9-10H2,(H,19,20). The monoisotopic (exact) mass is 287 g/mol. The Morgan fingerprint density at radius 1 is 1.38 bits per heavy atom. The second-order valence-electron chi connectivity index (χ2n) is 6.61. The maximum Gasteiger partial charge on any atom is 0.321 e. The topological polar surface area (TPSA) is 49.8 Å². The third kappa shape index (κ3) is 2.22. The number of aliphatic carboxylic acids is 1. The highest BCUT2D eigenvalue weighted by Gasteiger charge is 2.47. The molecule has 0 spiro atoms. The zero-order valence-electron chi connectivity index (χ0n) is 12.1. The minimum absolute atomic E-state index is 0.290. The Balaban J connectivity index is 1.54. The van der Waals surface area contributed by atoms with Crippen molar-refractivity contribution in [1.29, 1.82) is 0 Å². The second-order valence-corrected chi connectivity index (χ2v) is 6.61. The van der Waals surface area contributed by atoms with Gasteiger partial charge in [0.05, 0.1) is 6.61 Å². The van der Waals surface area contributed by atoms with E-state index in [9.17, 15) is 9.90 Å². The fraction of sp³-hybridized carbons (Fsp3) is 0.588. The van der Waals surface area contributed by atoms with Gasteiger partial charge in [-0.3, -0.25) is 9.69 Å². The summed E-state index contributed by atoms with van der Waals surface area (Å²) in [6, 6.07) is 6.01. The summed E-state index contributed by atoms with van der Waals surface area (Å²) < 4.78 is 5.54. The highest BCUT2D eigenvalue weighted by Crippen LogP contribution is 2.42. The molecule has 3 aliphatic rings. The molecule has 3 unspecified atom stereocenters. The van der Waals surface area contributed by atoms with E-state index in [-0.39, 0.29) is 6.04 Å². The third-order valence-corrected chi connectivity index (χ3v) is 5.38. The SMILES string of the molecule is O=C(O)C1C2CCCC2CN1Cc1ccc2c(c1)CCO2. The Morgan fingerprint density at radius 3 is 3.14 bits per heavy atom. The van der Waals surface area contributed by atoms with Gasteiger partial charge in [-0.15, -0.1) is 0 Å². The first-order chi connectivity index (χ1) is 10.2. The normalized spacial score (nSPS) is 31.0. The van der Waals surface area contributed by atoms with E-state index in [1.165, 1.54) is 24.0 Å². The summed E-state index contributed by atoms with van der Waals surface area (Å²) in [7, 11) is 0. The van der Waals surface area contributed by atoms with E-state index < -0.39 is 5.97 Å². The third-order valence-electron chi connectivity index (χ3n) is 5.38. The van der Waals surface area contributed by atoms with Crippen molar-refractivity contribution in [1.82, 2.24) is 4.90 Å². The van der Waals surface area contributed by atoms with Gasteiger partial charge in [-0.1, -0.05) is 18.6 Å². The Bertz CT molecular complexity index is 571. The molecule has 112 valence electrons. The first kappa shape index (κ1) is 13.1. The van der Waals surface area contributed by atoms with E-state index in [1.807, 2.05) is 6.07 Å². The van der Waals surface area contributed by atoms with Crippen LogP contribution in [-0.2, 0) is 17.8 Å². The minimum atomic E-state index is -0.645. The molecular weight excluding hydrogens is 266 g/mol. The van der Waals surface area contributed by atoms with Crippen LogP contribution in [0.2, 0.25) is 0 Å². The maximum atomic E-state index is 11.7. The lowest BCUT2D eigenvalue weighted by atomic mass is 9.94. The number of carboxylic acid groups (broad SMARTS) is 1. The van der Waals surface area contributed by atoms with Crippen LogP contribution < -0.4 is 4.74 Å². The smallest absolute Gasteiger partial charge is 0.321 e. The molecule has 1 N–H and O–H groups in total. The van der Waals surface area contributed by atoms with Gasteiger partial charge in [0.25, 0.3) is 0 Å². The van der Waals surface area contributed by atoms with Crippen molar-refractivity contribution >= 4 is 5.97 Å². The van der Waals surface area contributed by atoms with Crippen LogP contribution in [0.4, 0.5) is 0 Å². The number of benzene rings is 1. The summed E-state index contributed by atoms with van der Waals surface area (Å²) in [5.74, 6) is 1.30. The molecule has 1 saturated heterocycles. The molecule has 0 radical (unpaired) electrons.